The van der Waals surface area contributed by atoms with Crippen molar-refractivity contribution in [2.45, 2.75) is 31.7 Å². The Morgan fingerprint density at radius 1 is 1.07 bits per heavy atom. The number of hydrogen-bond acceptors (Lipinski definition) is 5. The fraction of sp³-hybridized carbons (Fsp3) is 0.333. The minimum Gasteiger partial charge on any atom is -0.469 e. The molecule has 2 heterocycles. The van der Waals surface area contributed by atoms with Gasteiger partial charge in [0.15, 0.2) is 5.96 Å². The van der Waals surface area contributed by atoms with Crippen molar-refractivity contribution in [3.05, 3.63) is 71.5 Å². The molecule has 0 saturated carbocycles. The summed E-state index contributed by atoms with van der Waals surface area (Å²) >= 11 is 1.82. The van der Waals surface area contributed by atoms with Gasteiger partial charge in [0.05, 0.1) is 18.5 Å². The highest BCUT2D eigenvalue weighted by atomic mass is 32.2. The van der Waals surface area contributed by atoms with E-state index in [2.05, 4.69) is 40.1 Å². The molecule has 3 aromatic rings. The third kappa shape index (κ3) is 6.20. The summed E-state index contributed by atoms with van der Waals surface area (Å²) in [7, 11) is 0. The Labute approximate surface area is 169 Å². The monoisotopic (exact) mass is 398 g/mol. The van der Waals surface area contributed by atoms with Crippen LogP contribution in [0.5, 0.6) is 0 Å². The van der Waals surface area contributed by atoms with Crippen molar-refractivity contribution in [2.24, 2.45) is 4.99 Å². The maximum Gasteiger partial charge on any atom is 0.191 e. The predicted octanol–water partition coefficient (Wildman–Crippen LogP) is 3.95. The molecule has 2 aromatic heterocycles. The number of furan rings is 1. The number of aromatic nitrogens is 1. The smallest absolute Gasteiger partial charge is 0.191 e. The summed E-state index contributed by atoms with van der Waals surface area (Å²) in [5, 5.41) is 10.8. The number of hydrogen-bond donors (Lipinski definition) is 2. The molecule has 0 aliphatic carbocycles. The predicted molar refractivity (Wildman–Crippen MR) is 113 cm³/mol. The molecule has 1 aromatic carbocycles. The first kappa shape index (κ1) is 20.1. The molecule has 0 aliphatic heterocycles. The van der Waals surface area contributed by atoms with Crippen LogP contribution in [0.15, 0.2) is 67.6 Å². The van der Waals surface area contributed by atoms with Crippen molar-refractivity contribution >= 4 is 17.7 Å². The number of aryl methyl sites for hydroxylation is 2. The second-order valence-corrected chi connectivity index (χ2v) is 7.48. The summed E-state index contributed by atoms with van der Waals surface area (Å²) in [5.41, 5.74) is 1.92. The van der Waals surface area contributed by atoms with Crippen molar-refractivity contribution in [3.63, 3.8) is 0 Å². The molecule has 7 heteroatoms. The molecule has 6 nitrogen and oxygen atoms in total. The average Bonchev–Trinajstić information content (AvgIpc) is 3.34. The van der Waals surface area contributed by atoms with E-state index < -0.39 is 0 Å². The lowest BCUT2D eigenvalue weighted by atomic mass is 10.2. The molecular weight excluding hydrogens is 372 g/mol. The Balaban J connectivity index is 1.52. The van der Waals surface area contributed by atoms with Gasteiger partial charge in [0.1, 0.15) is 11.5 Å². The molecule has 0 aliphatic rings. The van der Waals surface area contributed by atoms with Crippen molar-refractivity contribution < 1.29 is 8.94 Å². The molecule has 0 bridgehead atoms. The van der Waals surface area contributed by atoms with Crippen LogP contribution in [0, 0.1) is 13.8 Å². The molecular formula is C21H26N4O2S. The highest BCUT2D eigenvalue weighted by molar-refractivity contribution is 7.99. The number of nitrogens with zero attached hydrogens (tertiary/aromatic N) is 2. The van der Waals surface area contributed by atoms with Crippen molar-refractivity contribution in [1.82, 2.24) is 15.8 Å². The van der Waals surface area contributed by atoms with E-state index in [-0.39, 0.29) is 0 Å². The van der Waals surface area contributed by atoms with Crippen LogP contribution in [-0.2, 0) is 13.0 Å². The molecule has 0 radical (unpaired) electrons. The number of nitrogens with one attached hydrogen (secondary N) is 2. The lowest BCUT2D eigenvalue weighted by Gasteiger charge is -2.12. The molecule has 3 rings (SSSR count). The Bertz CT molecular complexity index is 840. The van der Waals surface area contributed by atoms with E-state index >= 15 is 0 Å². The van der Waals surface area contributed by atoms with Crippen LogP contribution in [0.25, 0.3) is 0 Å². The average molecular weight is 399 g/mol. The minimum absolute atomic E-state index is 0.531. The van der Waals surface area contributed by atoms with Gasteiger partial charge in [0.2, 0.25) is 0 Å². The second kappa shape index (κ2) is 10.6. The summed E-state index contributed by atoms with van der Waals surface area (Å²) in [6, 6.07) is 14.3. The van der Waals surface area contributed by atoms with Crippen LogP contribution in [-0.4, -0.2) is 30.0 Å². The molecule has 0 amide bonds. The zero-order chi connectivity index (χ0) is 19.6. The number of thioether (sulfide) groups is 1. The van der Waals surface area contributed by atoms with Crippen molar-refractivity contribution in [1.29, 1.82) is 0 Å². The molecule has 148 valence electrons. The topological polar surface area (TPSA) is 75.6 Å². The van der Waals surface area contributed by atoms with Gasteiger partial charge in [0.25, 0.3) is 0 Å². The van der Waals surface area contributed by atoms with Crippen LogP contribution in [0.3, 0.4) is 0 Å². The number of guanidine groups is 1. The third-order valence-electron chi connectivity index (χ3n) is 4.23. The molecule has 2 N–H and O–H groups in total. The van der Waals surface area contributed by atoms with Crippen molar-refractivity contribution in [3.8, 4) is 0 Å². The summed E-state index contributed by atoms with van der Waals surface area (Å²) < 4.78 is 10.6. The second-order valence-electron chi connectivity index (χ2n) is 6.31. The van der Waals surface area contributed by atoms with Gasteiger partial charge in [-0.25, -0.2) is 4.99 Å². The van der Waals surface area contributed by atoms with Crippen molar-refractivity contribution in [2.75, 3.05) is 18.8 Å². The summed E-state index contributed by atoms with van der Waals surface area (Å²) in [6.07, 6.45) is 2.50. The summed E-state index contributed by atoms with van der Waals surface area (Å²) in [6.45, 7) is 5.94. The van der Waals surface area contributed by atoms with Crippen LogP contribution in [0.4, 0.5) is 0 Å². The highest BCUT2D eigenvalue weighted by Gasteiger charge is 2.09. The Kier molecular flexibility index (Phi) is 7.61. The maximum atomic E-state index is 5.39. The molecule has 0 unspecified atom stereocenters. The van der Waals surface area contributed by atoms with Gasteiger partial charge in [-0.05, 0) is 38.1 Å². The summed E-state index contributed by atoms with van der Waals surface area (Å²) in [4.78, 5) is 5.97. The van der Waals surface area contributed by atoms with Crippen LogP contribution in [0.2, 0.25) is 0 Å². The van der Waals surface area contributed by atoms with E-state index in [0.717, 1.165) is 54.0 Å². The van der Waals surface area contributed by atoms with Gasteiger partial charge in [-0.2, -0.15) is 0 Å². The third-order valence-corrected chi connectivity index (χ3v) is 5.24. The van der Waals surface area contributed by atoms with E-state index in [1.807, 2.05) is 43.8 Å². The molecule has 0 spiro atoms. The largest absolute Gasteiger partial charge is 0.469 e. The van der Waals surface area contributed by atoms with E-state index in [9.17, 15) is 0 Å². The van der Waals surface area contributed by atoms with Crippen LogP contribution < -0.4 is 10.6 Å². The number of aliphatic imine (C=N–C) groups is 1. The molecule has 28 heavy (non-hydrogen) atoms. The first-order valence-corrected chi connectivity index (χ1v) is 10.3. The fourth-order valence-electron chi connectivity index (χ4n) is 2.67. The Morgan fingerprint density at radius 2 is 1.89 bits per heavy atom. The highest BCUT2D eigenvalue weighted by Crippen LogP contribution is 2.16. The maximum absolute atomic E-state index is 5.39. The van der Waals surface area contributed by atoms with E-state index in [4.69, 9.17) is 13.9 Å². The van der Waals surface area contributed by atoms with Gasteiger partial charge in [-0.3, -0.25) is 0 Å². The number of benzene rings is 1. The quantitative estimate of drug-likeness (QED) is 0.246. The van der Waals surface area contributed by atoms with Gasteiger partial charge in [0, 0.05) is 35.7 Å². The lowest BCUT2D eigenvalue weighted by Crippen LogP contribution is -2.39. The first-order chi connectivity index (χ1) is 13.7. The van der Waals surface area contributed by atoms with E-state index in [1.54, 1.807) is 6.26 Å². The first-order valence-electron chi connectivity index (χ1n) is 9.36. The van der Waals surface area contributed by atoms with Gasteiger partial charge >= 0.3 is 0 Å². The molecule has 0 saturated heterocycles. The zero-order valence-electron chi connectivity index (χ0n) is 16.3. The SMILES string of the molecule is Cc1noc(C)c1CN=C(NCCSc1ccccc1)NCCc1ccco1. The zero-order valence-corrected chi connectivity index (χ0v) is 17.1. The van der Waals surface area contributed by atoms with Crippen LogP contribution in [0.1, 0.15) is 22.8 Å². The van der Waals surface area contributed by atoms with Gasteiger partial charge in [-0.1, -0.05) is 23.4 Å². The minimum atomic E-state index is 0.531. The molecule has 0 fully saturated rings. The lowest BCUT2D eigenvalue weighted by molar-refractivity contribution is 0.392. The molecule has 0 atom stereocenters. The number of rotatable bonds is 9. The Morgan fingerprint density at radius 3 is 2.61 bits per heavy atom. The standard InChI is InChI=1S/C21H26N4O2S/c1-16-20(17(2)27-25-16)15-24-21(22-11-10-18-7-6-13-26-18)23-12-14-28-19-8-4-3-5-9-19/h3-9,13H,10-12,14-15H2,1-2H3,(H2,22,23,24). The van der Waals surface area contributed by atoms with Gasteiger partial charge < -0.3 is 19.6 Å². The van der Waals surface area contributed by atoms with E-state index in [1.165, 1.54) is 4.90 Å². The van der Waals surface area contributed by atoms with Crippen LogP contribution >= 0.6 is 11.8 Å². The summed E-state index contributed by atoms with van der Waals surface area (Å²) in [5.74, 6) is 3.50. The van der Waals surface area contributed by atoms with Gasteiger partial charge in [-0.15, -0.1) is 11.8 Å². The Hall–Kier alpha value is -2.67. The fourth-order valence-corrected chi connectivity index (χ4v) is 3.46. The normalized spacial score (nSPS) is 11.6. The van der Waals surface area contributed by atoms with E-state index in [0.29, 0.717) is 6.54 Å².